The summed E-state index contributed by atoms with van der Waals surface area (Å²) in [5.74, 6) is -1.15. The van der Waals surface area contributed by atoms with Gasteiger partial charge >= 0.3 is 5.97 Å². The zero-order chi connectivity index (χ0) is 15.6. The van der Waals surface area contributed by atoms with Crippen molar-refractivity contribution in [2.24, 2.45) is 5.41 Å². The molecule has 0 saturated carbocycles. The van der Waals surface area contributed by atoms with Gasteiger partial charge in [-0.15, -0.1) is 0 Å². The van der Waals surface area contributed by atoms with E-state index in [0.717, 1.165) is 38.4 Å². The molecule has 1 aromatic rings. The number of hydrogen-bond acceptors (Lipinski definition) is 4. The second kappa shape index (κ2) is 5.71. The smallest absolute Gasteiger partial charge is 0.335 e. The van der Waals surface area contributed by atoms with Crippen molar-refractivity contribution in [3.8, 4) is 0 Å². The Morgan fingerprint density at radius 2 is 2.05 bits per heavy atom. The molecular formula is C15H20N2O4. The average molecular weight is 292 g/mol. The second-order valence-electron chi connectivity index (χ2n) is 5.92. The van der Waals surface area contributed by atoms with Gasteiger partial charge in [-0.3, -0.25) is 10.1 Å². The van der Waals surface area contributed by atoms with Gasteiger partial charge in [0.2, 0.25) is 0 Å². The van der Waals surface area contributed by atoms with Crippen LogP contribution >= 0.6 is 0 Å². The molecule has 0 aromatic heterocycles. The van der Waals surface area contributed by atoms with Crippen LogP contribution in [0.1, 0.15) is 43.5 Å². The van der Waals surface area contributed by atoms with Crippen LogP contribution in [-0.2, 0) is 0 Å². The minimum Gasteiger partial charge on any atom is -0.478 e. The number of hydrogen-bond donors (Lipinski definition) is 1. The van der Waals surface area contributed by atoms with Crippen molar-refractivity contribution in [3.63, 3.8) is 0 Å². The summed E-state index contributed by atoms with van der Waals surface area (Å²) in [5, 5.41) is 20.2. The number of aromatic carboxylic acids is 1. The van der Waals surface area contributed by atoms with Crippen LogP contribution < -0.4 is 4.90 Å². The summed E-state index contributed by atoms with van der Waals surface area (Å²) in [7, 11) is 0. The lowest BCUT2D eigenvalue weighted by Crippen LogP contribution is -2.38. The summed E-state index contributed by atoms with van der Waals surface area (Å²) in [6.45, 7) is 5.93. The van der Waals surface area contributed by atoms with E-state index in [1.807, 2.05) is 4.90 Å². The third-order valence-electron chi connectivity index (χ3n) is 4.58. The van der Waals surface area contributed by atoms with Crippen LogP contribution in [0.2, 0.25) is 0 Å². The van der Waals surface area contributed by atoms with Crippen LogP contribution in [0.15, 0.2) is 18.2 Å². The van der Waals surface area contributed by atoms with E-state index in [1.54, 1.807) is 6.07 Å². The molecule has 0 atom stereocenters. The monoisotopic (exact) mass is 292 g/mol. The molecule has 6 heteroatoms. The third kappa shape index (κ3) is 3.15. The molecule has 0 spiro atoms. The van der Waals surface area contributed by atoms with Crippen molar-refractivity contribution in [3.05, 3.63) is 33.9 Å². The molecule has 1 aliphatic rings. The summed E-state index contributed by atoms with van der Waals surface area (Å²) in [4.78, 5) is 23.6. The van der Waals surface area contributed by atoms with E-state index < -0.39 is 10.9 Å². The van der Waals surface area contributed by atoms with Crippen LogP contribution in [0.25, 0.3) is 0 Å². The van der Waals surface area contributed by atoms with E-state index in [2.05, 4.69) is 13.8 Å². The Morgan fingerprint density at radius 1 is 1.43 bits per heavy atom. The van der Waals surface area contributed by atoms with Gasteiger partial charge in [-0.2, -0.15) is 0 Å². The number of carboxylic acids is 1. The number of nitro groups is 1. The lowest BCUT2D eigenvalue weighted by molar-refractivity contribution is -0.384. The van der Waals surface area contributed by atoms with E-state index >= 15 is 0 Å². The number of carbonyl (C=O) groups is 1. The number of piperidine rings is 1. The van der Waals surface area contributed by atoms with Gasteiger partial charge in [0, 0.05) is 19.2 Å². The number of nitrogens with zero attached hydrogens (tertiary/aromatic N) is 2. The molecule has 1 N–H and O–H groups in total. The maximum absolute atomic E-state index is 11.2. The topological polar surface area (TPSA) is 83.7 Å². The fraction of sp³-hybridized carbons (Fsp3) is 0.533. The Bertz CT molecular complexity index is 563. The molecule has 1 aliphatic heterocycles. The molecule has 0 aliphatic carbocycles. The Labute approximate surface area is 123 Å². The van der Waals surface area contributed by atoms with Gasteiger partial charge in [-0.1, -0.05) is 20.3 Å². The minimum absolute atomic E-state index is 0.0548. The van der Waals surface area contributed by atoms with Crippen LogP contribution in [0.4, 0.5) is 11.4 Å². The van der Waals surface area contributed by atoms with Crippen molar-refractivity contribution in [2.45, 2.75) is 33.1 Å². The summed E-state index contributed by atoms with van der Waals surface area (Å²) >= 11 is 0. The summed E-state index contributed by atoms with van der Waals surface area (Å²) in [5.41, 5.74) is 0.630. The first kappa shape index (κ1) is 15.3. The maximum Gasteiger partial charge on any atom is 0.335 e. The summed E-state index contributed by atoms with van der Waals surface area (Å²) in [6.07, 6.45) is 3.07. The van der Waals surface area contributed by atoms with Crippen molar-refractivity contribution in [2.75, 3.05) is 18.0 Å². The Kier molecular flexibility index (Phi) is 4.16. The van der Waals surface area contributed by atoms with Gasteiger partial charge in [-0.05, 0) is 30.4 Å². The first-order valence-corrected chi connectivity index (χ1v) is 7.13. The lowest BCUT2D eigenvalue weighted by Gasteiger charge is -2.39. The fourth-order valence-corrected chi connectivity index (χ4v) is 2.71. The molecule has 0 bridgehead atoms. The highest BCUT2D eigenvalue weighted by atomic mass is 16.6. The van der Waals surface area contributed by atoms with Crippen LogP contribution in [0.5, 0.6) is 0 Å². The second-order valence-corrected chi connectivity index (χ2v) is 5.92. The molecule has 0 radical (unpaired) electrons. The SMILES string of the molecule is CCC1(C)CCN(c2ccc(C(=O)O)cc2[N+](=O)[O-])CC1. The molecule has 1 fully saturated rings. The fourth-order valence-electron chi connectivity index (χ4n) is 2.71. The third-order valence-corrected chi connectivity index (χ3v) is 4.58. The van der Waals surface area contributed by atoms with E-state index in [4.69, 9.17) is 5.11 Å². The first-order chi connectivity index (χ1) is 9.86. The zero-order valence-corrected chi connectivity index (χ0v) is 12.3. The summed E-state index contributed by atoms with van der Waals surface area (Å²) < 4.78 is 0. The Hall–Kier alpha value is -2.11. The van der Waals surface area contributed by atoms with E-state index in [9.17, 15) is 14.9 Å². The Morgan fingerprint density at radius 3 is 2.52 bits per heavy atom. The first-order valence-electron chi connectivity index (χ1n) is 7.13. The average Bonchev–Trinajstić information content (AvgIpc) is 2.47. The van der Waals surface area contributed by atoms with Gasteiger partial charge in [0.05, 0.1) is 10.5 Å². The quantitative estimate of drug-likeness (QED) is 0.680. The number of anilines is 1. The number of carboxylic acid groups (broad SMARTS) is 1. The van der Waals surface area contributed by atoms with Gasteiger partial charge in [0.25, 0.3) is 5.69 Å². The van der Waals surface area contributed by atoms with Crippen molar-refractivity contribution in [1.82, 2.24) is 0 Å². The van der Waals surface area contributed by atoms with Crippen molar-refractivity contribution in [1.29, 1.82) is 0 Å². The minimum atomic E-state index is -1.15. The van der Waals surface area contributed by atoms with Gasteiger partial charge in [0.1, 0.15) is 5.69 Å². The van der Waals surface area contributed by atoms with E-state index in [1.165, 1.54) is 6.07 Å². The molecule has 114 valence electrons. The molecule has 0 unspecified atom stereocenters. The van der Waals surface area contributed by atoms with Crippen molar-refractivity contribution < 1.29 is 14.8 Å². The lowest BCUT2D eigenvalue weighted by atomic mass is 9.78. The van der Waals surface area contributed by atoms with Gasteiger partial charge in [0.15, 0.2) is 0 Å². The molecule has 6 nitrogen and oxygen atoms in total. The van der Waals surface area contributed by atoms with E-state index in [-0.39, 0.29) is 11.3 Å². The van der Waals surface area contributed by atoms with Crippen molar-refractivity contribution >= 4 is 17.3 Å². The number of rotatable bonds is 4. The van der Waals surface area contributed by atoms with Crippen LogP contribution in [-0.4, -0.2) is 29.1 Å². The predicted octanol–water partition coefficient (Wildman–Crippen LogP) is 3.31. The molecule has 1 aromatic carbocycles. The number of nitro benzene ring substituents is 1. The van der Waals surface area contributed by atoms with Crippen LogP contribution in [0, 0.1) is 15.5 Å². The highest BCUT2D eigenvalue weighted by Crippen LogP contribution is 2.38. The predicted molar refractivity (Wildman–Crippen MR) is 79.9 cm³/mol. The molecule has 2 rings (SSSR count). The number of benzene rings is 1. The van der Waals surface area contributed by atoms with Crippen LogP contribution in [0.3, 0.4) is 0 Å². The highest BCUT2D eigenvalue weighted by Gasteiger charge is 2.31. The maximum atomic E-state index is 11.2. The largest absolute Gasteiger partial charge is 0.478 e. The zero-order valence-electron chi connectivity index (χ0n) is 12.3. The molecular weight excluding hydrogens is 272 g/mol. The molecule has 21 heavy (non-hydrogen) atoms. The molecule has 1 heterocycles. The Balaban J connectivity index is 2.28. The molecule has 0 amide bonds. The summed E-state index contributed by atoms with van der Waals surface area (Å²) in [6, 6.07) is 4.12. The standard InChI is InChI=1S/C15H20N2O4/c1-3-15(2)6-8-16(9-7-15)12-5-4-11(14(18)19)10-13(12)17(20)21/h4-5,10H,3,6-9H2,1-2H3,(H,18,19). The van der Waals surface area contributed by atoms with Gasteiger partial charge < -0.3 is 10.0 Å². The molecule has 1 saturated heterocycles. The normalized spacial score (nSPS) is 17.5. The highest BCUT2D eigenvalue weighted by molar-refractivity contribution is 5.89. The van der Waals surface area contributed by atoms with Gasteiger partial charge in [-0.25, -0.2) is 4.79 Å². The van der Waals surface area contributed by atoms with E-state index in [0.29, 0.717) is 11.1 Å².